The third-order valence-corrected chi connectivity index (χ3v) is 3.96. The van der Waals surface area contributed by atoms with Crippen molar-refractivity contribution in [3.05, 3.63) is 29.3 Å². The van der Waals surface area contributed by atoms with E-state index < -0.39 is 0 Å². The highest BCUT2D eigenvalue weighted by molar-refractivity contribution is 5.99. The van der Waals surface area contributed by atoms with Gasteiger partial charge in [0.05, 0.1) is 5.56 Å². The summed E-state index contributed by atoms with van der Waals surface area (Å²) in [5, 5.41) is 6.17. The van der Waals surface area contributed by atoms with Gasteiger partial charge in [0.2, 0.25) is 0 Å². The monoisotopic (exact) mass is 275 g/mol. The Morgan fingerprint density at radius 1 is 1.45 bits per heavy atom. The van der Waals surface area contributed by atoms with Gasteiger partial charge in [-0.1, -0.05) is 11.6 Å². The minimum atomic E-state index is 0.0197. The number of amides is 1. The summed E-state index contributed by atoms with van der Waals surface area (Å²) in [6.45, 7) is 5.02. The number of benzene rings is 1. The molecule has 4 nitrogen and oxygen atoms in total. The molecule has 4 heteroatoms. The summed E-state index contributed by atoms with van der Waals surface area (Å²) in [7, 11) is 3.99. The van der Waals surface area contributed by atoms with E-state index in [4.69, 9.17) is 0 Å². The molecule has 2 N–H and O–H groups in total. The number of carbonyl (C=O) groups is 1. The zero-order valence-electron chi connectivity index (χ0n) is 12.7. The number of likely N-dealkylation sites (tertiary alicyclic amines) is 1. The standard InChI is InChI=1S/C16H25N3O/c1-12-6-7-15(17-2)14(9-12)16(20)18-10-13-5-4-8-19(3)11-13/h6-7,9,13,17H,4-5,8,10-11H2,1-3H3,(H,18,20). The van der Waals surface area contributed by atoms with E-state index in [1.807, 2.05) is 32.2 Å². The third kappa shape index (κ3) is 3.73. The van der Waals surface area contributed by atoms with Crippen LogP contribution in [0.5, 0.6) is 0 Å². The molecule has 0 spiro atoms. The normalized spacial score (nSPS) is 19.6. The summed E-state index contributed by atoms with van der Waals surface area (Å²) in [6, 6.07) is 5.91. The van der Waals surface area contributed by atoms with Crippen LogP contribution in [0.25, 0.3) is 0 Å². The van der Waals surface area contributed by atoms with Crippen LogP contribution < -0.4 is 10.6 Å². The number of piperidine rings is 1. The number of rotatable bonds is 4. The molecule has 20 heavy (non-hydrogen) atoms. The highest BCUT2D eigenvalue weighted by atomic mass is 16.1. The van der Waals surface area contributed by atoms with Crippen LogP contribution in [0.1, 0.15) is 28.8 Å². The number of hydrogen-bond donors (Lipinski definition) is 2. The fourth-order valence-corrected chi connectivity index (χ4v) is 2.84. The Bertz CT molecular complexity index is 473. The maximum Gasteiger partial charge on any atom is 0.253 e. The first kappa shape index (κ1) is 14.9. The highest BCUT2D eigenvalue weighted by Crippen LogP contribution is 2.18. The summed E-state index contributed by atoms with van der Waals surface area (Å²) in [4.78, 5) is 14.7. The van der Waals surface area contributed by atoms with Gasteiger partial charge in [-0.3, -0.25) is 4.79 Å². The first-order chi connectivity index (χ1) is 9.60. The van der Waals surface area contributed by atoms with Crippen LogP contribution in [0, 0.1) is 12.8 Å². The number of carbonyl (C=O) groups excluding carboxylic acids is 1. The number of aryl methyl sites for hydroxylation is 1. The molecule has 0 saturated carbocycles. The molecular formula is C16H25N3O. The molecule has 1 atom stereocenters. The first-order valence-electron chi connectivity index (χ1n) is 7.35. The van der Waals surface area contributed by atoms with Gasteiger partial charge in [0, 0.05) is 25.8 Å². The average Bonchev–Trinajstić information content (AvgIpc) is 2.45. The fourth-order valence-electron chi connectivity index (χ4n) is 2.84. The van der Waals surface area contributed by atoms with Gasteiger partial charge in [-0.2, -0.15) is 0 Å². The topological polar surface area (TPSA) is 44.4 Å². The van der Waals surface area contributed by atoms with Gasteiger partial charge in [-0.15, -0.1) is 0 Å². The van der Waals surface area contributed by atoms with Gasteiger partial charge in [0.1, 0.15) is 0 Å². The predicted molar refractivity (Wildman–Crippen MR) is 83.3 cm³/mol. The Kier molecular flexibility index (Phi) is 5.01. The molecule has 0 bridgehead atoms. The Hall–Kier alpha value is -1.55. The first-order valence-corrected chi connectivity index (χ1v) is 7.35. The molecule has 1 aliphatic heterocycles. The SMILES string of the molecule is CNc1ccc(C)cc1C(=O)NCC1CCCN(C)C1. The average molecular weight is 275 g/mol. The van der Waals surface area contributed by atoms with Crippen molar-refractivity contribution in [2.24, 2.45) is 5.92 Å². The molecule has 0 aromatic heterocycles. The highest BCUT2D eigenvalue weighted by Gasteiger charge is 2.18. The van der Waals surface area contributed by atoms with E-state index in [1.165, 1.54) is 19.4 Å². The zero-order valence-corrected chi connectivity index (χ0v) is 12.7. The van der Waals surface area contributed by atoms with E-state index in [0.717, 1.165) is 29.9 Å². The lowest BCUT2D eigenvalue weighted by Crippen LogP contribution is -2.39. The van der Waals surface area contributed by atoms with E-state index in [2.05, 4.69) is 22.6 Å². The van der Waals surface area contributed by atoms with Crippen LogP contribution in [0.4, 0.5) is 5.69 Å². The van der Waals surface area contributed by atoms with E-state index in [1.54, 1.807) is 0 Å². The predicted octanol–water partition coefficient (Wildman–Crippen LogP) is 2.11. The van der Waals surface area contributed by atoms with Crippen molar-refractivity contribution >= 4 is 11.6 Å². The lowest BCUT2D eigenvalue weighted by atomic mass is 9.98. The van der Waals surface area contributed by atoms with Crippen LogP contribution in [-0.2, 0) is 0 Å². The minimum Gasteiger partial charge on any atom is -0.387 e. The molecule has 1 unspecified atom stereocenters. The Balaban J connectivity index is 1.96. The summed E-state index contributed by atoms with van der Waals surface area (Å²) in [5.74, 6) is 0.590. The lowest BCUT2D eigenvalue weighted by molar-refractivity contribution is 0.0937. The van der Waals surface area contributed by atoms with Gasteiger partial charge in [-0.05, 0) is 51.4 Å². The molecule has 1 amide bonds. The molecular weight excluding hydrogens is 250 g/mol. The van der Waals surface area contributed by atoms with Gasteiger partial charge in [0.25, 0.3) is 5.91 Å². The van der Waals surface area contributed by atoms with Crippen molar-refractivity contribution in [1.29, 1.82) is 0 Å². The number of anilines is 1. The maximum atomic E-state index is 12.3. The second-order valence-corrected chi connectivity index (χ2v) is 5.78. The van der Waals surface area contributed by atoms with Crippen molar-refractivity contribution in [2.45, 2.75) is 19.8 Å². The molecule has 1 saturated heterocycles. The number of hydrogen-bond acceptors (Lipinski definition) is 3. The van der Waals surface area contributed by atoms with Crippen molar-refractivity contribution in [1.82, 2.24) is 10.2 Å². The molecule has 110 valence electrons. The van der Waals surface area contributed by atoms with Crippen molar-refractivity contribution < 1.29 is 4.79 Å². The molecule has 1 heterocycles. The Morgan fingerprint density at radius 2 is 2.25 bits per heavy atom. The second-order valence-electron chi connectivity index (χ2n) is 5.78. The summed E-state index contributed by atoms with van der Waals surface area (Å²) in [6.07, 6.45) is 2.43. The summed E-state index contributed by atoms with van der Waals surface area (Å²) in [5.41, 5.74) is 2.72. The van der Waals surface area contributed by atoms with Crippen LogP contribution >= 0.6 is 0 Å². The number of nitrogens with one attached hydrogen (secondary N) is 2. The minimum absolute atomic E-state index is 0.0197. The third-order valence-electron chi connectivity index (χ3n) is 3.96. The zero-order chi connectivity index (χ0) is 14.5. The van der Waals surface area contributed by atoms with E-state index >= 15 is 0 Å². The quantitative estimate of drug-likeness (QED) is 0.884. The largest absolute Gasteiger partial charge is 0.387 e. The summed E-state index contributed by atoms with van der Waals surface area (Å²) < 4.78 is 0. The second kappa shape index (κ2) is 6.75. The molecule has 1 aromatic carbocycles. The van der Waals surface area contributed by atoms with Crippen LogP contribution in [0.3, 0.4) is 0 Å². The van der Waals surface area contributed by atoms with E-state index in [0.29, 0.717) is 5.92 Å². The fraction of sp³-hybridized carbons (Fsp3) is 0.562. The molecule has 0 aliphatic carbocycles. The Labute approximate surface area is 121 Å². The van der Waals surface area contributed by atoms with E-state index in [-0.39, 0.29) is 5.91 Å². The molecule has 1 aliphatic rings. The maximum absolute atomic E-state index is 12.3. The van der Waals surface area contributed by atoms with Crippen molar-refractivity contribution in [2.75, 3.05) is 39.0 Å². The molecule has 1 fully saturated rings. The van der Waals surface area contributed by atoms with E-state index in [9.17, 15) is 4.79 Å². The Morgan fingerprint density at radius 3 is 2.95 bits per heavy atom. The number of nitrogens with zero attached hydrogens (tertiary/aromatic N) is 1. The molecule has 0 radical (unpaired) electrons. The van der Waals surface area contributed by atoms with Crippen molar-refractivity contribution in [3.63, 3.8) is 0 Å². The van der Waals surface area contributed by atoms with Crippen LogP contribution in [-0.4, -0.2) is 44.5 Å². The summed E-state index contributed by atoms with van der Waals surface area (Å²) >= 11 is 0. The van der Waals surface area contributed by atoms with Crippen LogP contribution in [0.15, 0.2) is 18.2 Å². The molecule has 1 aromatic rings. The lowest BCUT2D eigenvalue weighted by Gasteiger charge is -2.29. The van der Waals surface area contributed by atoms with Gasteiger partial charge in [-0.25, -0.2) is 0 Å². The van der Waals surface area contributed by atoms with Gasteiger partial charge >= 0.3 is 0 Å². The van der Waals surface area contributed by atoms with Crippen molar-refractivity contribution in [3.8, 4) is 0 Å². The van der Waals surface area contributed by atoms with Gasteiger partial charge < -0.3 is 15.5 Å². The molecule has 2 rings (SSSR count). The smallest absolute Gasteiger partial charge is 0.253 e. The van der Waals surface area contributed by atoms with Crippen LogP contribution in [0.2, 0.25) is 0 Å². The van der Waals surface area contributed by atoms with Gasteiger partial charge in [0.15, 0.2) is 0 Å².